The number of fused-ring (bicyclic) bond motifs is 1. The van der Waals surface area contributed by atoms with Gasteiger partial charge in [-0.25, -0.2) is 9.97 Å². The highest BCUT2D eigenvalue weighted by atomic mass is 15.1. The standard InChI is InChI=1S/C17H18N4/c1-12-6-2-3-7-13(12)10-11-19-17-16(18)20-14-8-4-5-9-15(14)21-17/h2-9H,10-11H2,1H3,(H2,18,20)(H,19,21). The molecule has 1 heterocycles. The van der Waals surface area contributed by atoms with Gasteiger partial charge in [-0.2, -0.15) is 0 Å². The molecular formula is C17H18N4. The predicted molar refractivity (Wildman–Crippen MR) is 87.3 cm³/mol. The van der Waals surface area contributed by atoms with Crippen molar-refractivity contribution in [1.82, 2.24) is 9.97 Å². The molecule has 0 saturated heterocycles. The van der Waals surface area contributed by atoms with Gasteiger partial charge in [0.2, 0.25) is 0 Å². The molecule has 3 rings (SSSR count). The fourth-order valence-corrected chi connectivity index (χ4v) is 2.35. The first-order valence-corrected chi connectivity index (χ1v) is 7.04. The Hall–Kier alpha value is -2.62. The highest BCUT2D eigenvalue weighted by Gasteiger charge is 2.05. The molecule has 2 aromatic carbocycles. The van der Waals surface area contributed by atoms with Crippen molar-refractivity contribution in [3.63, 3.8) is 0 Å². The Kier molecular flexibility index (Phi) is 3.69. The van der Waals surface area contributed by atoms with Crippen LogP contribution in [-0.4, -0.2) is 16.5 Å². The van der Waals surface area contributed by atoms with E-state index in [1.54, 1.807) is 0 Å². The molecule has 0 aliphatic rings. The third-order valence-electron chi connectivity index (χ3n) is 3.55. The molecule has 3 aromatic rings. The minimum Gasteiger partial charge on any atom is -0.381 e. The van der Waals surface area contributed by atoms with Crippen LogP contribution in [0, 0.1) is 6.92 Å². The molecule has 0 unspecified atom stereocenters. The van der Waals surface area contributed by atoms with Gasteiger partial charge in [0.05, 0.1) is 11.0 Å². The highest BCUT2D eigenvalue weighted by molar-refractivity contribution is 5.79. The van der Waals surface area contributed by atoms with Gasteiger partial charge >= 0.3 is 0 Å². The Morgan fingerprint density at radius 1 is 0.952 bits per heavy atom. The summed E-state index contributed by atoms with van der Waals surface area (Å²) in [6.45, 7) is 2.90. The third-order valence-corrected chi connectivity index (χ3v) is 3.55. The van der Waals surface area contributed by atoms with Crippen molar-refractivity contribution in [2.45, 2.75) is 13.3 Å². The normalized spacial score (nSPS) is 10.7. The van der Waals surface area contributed by atoms with E-state index in [2.05, 4.69) is 46.5 Å². The minimum atomic E-state index is 0.443. The average Bonchev–Trinajstić information content (AvgIpc) is 2.49. The molecule has 106 valence electrons. The van der Waals surface area contributed by atoms with Gasteiger partial charge in [0.1, 0.15) is 0 Å². The molecule has 0 amide bonds. The van der Waals surface area contributed by atoms with Crippen molar-refractivity contribution >= 4 is 22.7 Å². The summed E-state index contributed by atoms with van der Waals surface area (Å²) in [5.41, 5.74) is 10.3. The number of benzene rings is 2. The first-order chi connectivity index (χ1) is 10.2. The smallest absolute Gasteiger partial charge is 0.169 e. The maximum atomic E-state index is 5.96. The number of hydrogen-bond donors (Lipinski definition) is 2. The second-order valence-electron chi connectivity index (χ2n) is 5.05. The van der Waals surface area contributed by atoms with Crippen molar-refractivity contribution in [3.8, 4) is 0 Å². The third kappa shape index (κ3) is 2.94. The molecule has 21 heavy (non-hydrogen) atoms. The second-order valence-corrected chi connectivity index (χ2v) is 5.05. The van der Waals surface area contributed by atoms with E-state index in [9.17, 15) is 0 Å². The van der Waals surface area contributed by atoms with E-state index >= 15 is 0 Å². The molecule has 4 heteroatoms. The molecule has 0 fully saturated rings. The van der Waals surface area contributed by atoms with E-state index in [-0.39, 0.29) is 0 Å². The average molecular weight is 278 g/mol. The SMILES string of the molecule is Cc1ccccc1CCNc1nc2ccccc2nc1N. The summed E-state index contributed by atoms with van der Waals surface area (Å²) in [6, 6.07) is 16.1. The molecule has 0 aliphatic carbocycles. The van der Waals surface area contributed by atoms with E-state index in [0.29, 0.717) is 11.6 Å². The van der Waals surface area contributed by atoms with Gasteiger partial charge in [-0.3, -0.25) is 0 Å². The number of anilines is 2. The van der Waals surface area contributed by atoms with Crippen LogP contribution in [0.4, 0.5) is 11.6 Å². The number of aryl methyl sites for hydroxylation is 1. The van der Waals surface area contributed by atoms with E-state index in [0.717, 1.165) is 24.0 Å². The maximum absolute atomic E-state index is 5.96. The lowest BCUT2D eigenvalue weighted by Gasteiger charge is -2.10. The van der Waals surface area contributed by atoms with Crippen LogP contribution in [0.3, 0.4) is 0 Å². The van der Waals surface area contributed by atoms with Crippen LogP contribution in [0.15, 0.2) is 48.5 Å². The molecule has 1 aromatic heterocycles. The molecule has 0 aliphatic heterocycles. The van der Waals surface area contributed by atoms with Crippen LogP contribution in [-0.2, 0) is 6.42 Å². The van der Waals surface area contributed by atoms with E-state index in [1.807, 2.05) is 24.3 Å². The Balaban J connectivity index is 1.73. The van der Waals surface area contributed by atoms with Gasteiger partial charge in [-0.05, 0) is 36.6 Å². The highest BCUT2D eigenvalue weighted by Crippen LogP contribution is 2.18. The van der Waals surface area contributed by atoms with Crippen LogP contribution in [0.5, 0.6) is 0 Å². The van der Waals surface area contributed by atoms with Gasteiger partial charge in [0, 0.05) is 6.54 Å². The molecular weight excluding hydrogens is 260 g/mol. The lowest BCUT2D eigenvalue weighted by molar-refractivity contribution is 0.994. The molecule has 0 atom stereocenters. The first kappa shape index (κ1) is 13.4. The number of rotatable bonds is 4. The largest absolute Gasteiger partial charge is 0.381 e. The van der Waals surface area contributed by atoms with Gasteiger partial charge < -0.3 is 11.1 Å². The van der Waals surface area contributed by atoms with E-state index < -0.39 is 0 Å². The van der Waals surface area contributed by atoms with Crippen molar-refractivity contribution in [1.29, 1.82) is 0 Å². The summed E-state index contributed by atoms with van der Waals surface area (Å²) in [7, 11) is 0. The number of para-hydroxylation sites is 2. The van der Waals surface area contributed by atoms with E-state index in [1.165, 1.54) is 11.1 Å². The van der Waals surface area contributed by atoms with Crippen molar-refractivity contribution in [2.75, 3.05) is 17.6 Å². The number of hydrogen-bond acceptors (Lipinski definition) is 4. The maximum Gasteiger partial charge on any atom is 0.169 e. The lowest BCUT2D eigenvalue weighted by Crippen LogP contribution is -2.10. The van der Waals surface area contributed by atoms with E-state index in [4.69, 9.17) is 5.73 Å². The predicted octanol–water partition coefficient (Wildman–Crippen LogP) is 3.18. The number of nitrogens with one attached hydrogen (secondary N) is 1. The Labute approximate surface area is 124 Å². The zero-order chi connectivity index (χ0) is 14.7. The van der Waals surface area contributed by atoms with Crippen LogP contribution < -0.4 is 11.1 Å². The number of aromatic nitrogens is 2. The zero-order valence-electron chi connectivity index (χ0n) is 12.0. The second kappa shape index (κ2) is 5.79. The molecule has 0 radical (unpaired) electrons. The Bertz CT molecular complexity index is 768. The molecule has 0 spiro atoms. The summed E-state index contributed by atoms with van der Waals surface area (Å²) >= 11 is 0. The number of nitrogens with zero attached hydrogens (tertiary/aromatic N) is 2. The summed E-state index contributed by atoms with van der Waals surface area (Å²) in [6.07, 6.45) is 0.931. The first-order valence-electron chi connectivity index (χ1n) is 7.04. The van der Waals surface area contributed by atoms with Gasteiger partial charge in [-0.1, -0.05) is 36.4 Å². The molecule has 0 bridgehead atoms. The molecule has 4 nitrogen and oxygen atoms in total. The number of nitrogen functional groups attached to an aromatic ring is 1. The summed E-state index contributed by atoms with van der Waals surface area (Å²) < 4.78 is 0. The molecule has 3 N–H and O–H groups in total. The quantitative estimate of drug-likeness (QED) is 0.769. The van der Waals surface area contributed by atoms with Crippen molar-refractivity contribution in [3.05, 3.63) is 59.7 Å². The number of nitrogens with two attached hydrogens (primary N) is 1. The summed E-state index contributed by atoms with van der Waals surface area (Å²) in [4.78, 5) is 8.90. The van der Waals surface area contributed by atoms with Crippen LogP contribution in [0.2, 0.25) is 0 Å². The van der Waals surface area contributed by atoms with Crippen LogP contribution >= 0.6 is 0 Å². The zero-order valence-corrected chi connectivity index (χ0v) is 12.0. The van der Waals surface area contributed by atoms with Gasteiger partial charge in [0.15, 0.2) is 11.6 Å². The monoisotopic (exact) mass is 278 g/mol. The Morgan fingerprint density at radius 2 is 1.62 bits per heavy atom. The summed E-state index contributed by atoms with van der Waals surface area (Å²) in [5, 5.41) is 3.28. The Morgan fingerprint density at radius 3 is 2.38 bits per heavy atom. The van der Waals surface area contributed by atoms with Crippen LogP contribution in [0.1, 0.15) is 11.1 Å². The van der Waals surface area contributed by atoms with Crippen molar-refractivity contribution in [2.24, 2.45) is 0 Å². The topological polar surface area (TPSA) is 63.8 Å². The fourth-order valence-electron chi connectivity index (χ4n) is 2.35. The van der Waals surface area contributed by atoms with Gasteiger partial charge in [-0.15, -0.1) is 0 Å². The van der Waals surface area contributed by atoms with Crippen LogP contribution in [0.25, 0.3) is 11.0 Å². The van der Waals surface area contributed by atoms with Gasteiger partial charge in [0.25, 0.3) is 0 Å². The molecule has 0 saturated carbocycles. The van der Waals surface area contributed by atoms with Crippen molar-refractivity contribution < 1.29 is 0 Å². The fraction of sp³-hybridized carbons (Fsp3) is 0.176. The minimum absolute atomic E-state index is 0.443. The summed E-state index contributed by atoms with van der Waals surface area (Å²) in [5.74, 6) is 1.10. The lowest BCUT2D eigenvalue weighted by atomic mass is 10.1.